The van der Waals surface area contributed by atoms with E-state index in [9.17, 15) is 12.8 Å². The maximum absolute atomic E-state index is 12.8. The van der Waals surface area contributed by atoms with Gasteiger partial charge in [-0.1, -0.05) is 26.2 Å². The maximum Gasteiger partial charge on any atom is 0.181 e. The van der Waals surface area contributed by atoms with Crippen molar-refractivity contribution in [3.63, 3.8) is 0 Å². The summed E-state index contributed by atoms with van der Waals surface area (Å²) in [6.45, 7) is 2.11. The van der Waals surface area contributed by atoms with Crippen molar-refractivity contribution in [3.8, 4) is 0 Å². The molecule has 1 aliphatic carbocycles. The highest BCUT2D eigenvalue weighted by Crippen LogP contribution is 2.33. The van der Waals surface area contributed by atoms with Crippen LogP contribution in [0.2, 0.25) is 0 Å². The van der Waals surface area contributed by atoms with Crippen molar-refractivity contribution in [1.29, 1.82) is 0 Å². The lowest BCUT2D eigenvalue weighted by atomic mass is 9.87. The van der Waals surface area contributed by atoms with Crippen LogP contribution in [0.15, 0.2) is 29.2 Å². The van der Waals surface area contributed by atoms with Gasteiger partial charge < -0.3 is 0 Å². The van der Waals surface area contributed by atoms with Crippen molar-refractivity contribution in [2.24, 2.45) is 5.92 Å². The Balaban J connectivity index is 2.22. The highest BCUT2D eigenvalue weighted by Gasteiger charge is 2.32. The van der Waals surface area contributed by atoms with Crippen LogP contribution in [0.25, 0.3) is 0 Å². The van der Waals surface area contributed by atoms with Gasteiger partial charge >= 0.3 is 0 Å². The third kappa shape index (κ3) is 2.74. The monoisotopic (exact) mass is 270 g/mol. The molecular weight excluding hydrogens is 251 g/mol. The highest BCUT2D eigenvalue weighted by atomic mass is 32.2. The summed E-state index contributed by atoms with van der Waals surface area (Å²) in [4.78, 5) is 0.255. The molecule has 0 amide bonds. The lowest BCUT2D eigenvalue weighted by Gasteiger charge is -2.28. The molecule has 4 heteroatoms. The number of rotatable bonds is 3. The topological polar surface area (TPSA) is 34.1 Å². The zero-order valence-electron chi connectivity index (χ0n) is 10.6. The zero-order chi connectivity index (χ0) is 13.2. The van der Waals surface area contributed by atoms with Crippen LogP contribution in [-0.2, 0) is 9.84 Å². The van der Waals surface area contributed by atoms with Crippen LogP contribution in [0.3, 0.4) is 0 Å². The highest BCUT2D eigenvalue weighted by molar-refractivity contribution is 7.92. The van der Waals surface area contributed by atoms with Crippen molar-refractivity contribution in [3.05, 3.63) is 30.1 Å². The maximum atomic E-state index is 12.8. The molecule has 0 spiro atoms. The van der Waals surface area contributed by atoms with Crippen molar-refractivity contribution < 1.29 is 12.8 Å². The quantitative estimate of drug-likeness (QED) is 0.787. The molecule has 0 aliphatic heterocycles. The molecule has 2 rings (SSSR count). The first-order valence-corrected chi connectivity index (χ1v) is 8.08. The van der Waals surface area contributed by atoms with Crippen LogP contribution in [0, 0.1) is 11.7 Å². The SMILES string of the molecule is CCC1CCCC(S(=O)(=O)c2ccc(F)cc2)C1. The Bertz CT molecular complexity index is 493. The molecule has 18 heavy (non-hydrogen) atoms. The van der Waals surface area contributed by atoms with E-state index in [0.29, 0.717) is 5.92 Å². The molecule has 1 fully saturated rings. The average Bonchev–Trinajstić information content (AvgIpc) is 2.39. The van der Waals surface area contributed by atoms with Crippen LogP contribution in [0.5, 0.6) is 0 Å². The molecule has 1 saturated carbocycles. The number of sulfone groups is 1. The van der Waals surface area contributed by atoms with E-state index in [-0.39, 0.29) is 10.1 Å². The molecule has 2 nitrogen and oxygen atoms in total. The predicted molar refractivity (Wildman–Crippen MR) is 69.6 cm³/mol. The lowest BCUT2D eigenvalue weighted by Crippen LogP contribution is -2.28. The Labute approximate surface area is 108 Å². The van der Waals surface area contributed by atoms with Crippen LogP contribution < -0.4 is 0 Å². The third-order valence-electron chi connectivity index (χ3n) is 3.89. The molecule has 100 valence electrons. The van der Waals surface area contributed by atoms with Gasteiger partial charge in [-0.25, -0.2) is 12.8 Å². The van der Waals surface area contributed by atoms with E-state index in [0.717, 1.165) is 32.1 Å². The number of hydrogen-bond acceptors (Lipinski definition) is 2. The van der Waals surface area contributed by atoms with Gasteiger partial charge in [-0.2, -0.15) is 0 Å². The number of benzene rings is 1. The lowest BCUT2D eigenvalue weighted by molar-refractivity contribution is 0.348. The summed E-state index contributed by atoms with van der Waals surface area (Å²) in [5.41, 5.74) is 0. The first kappa shape index (κ1) is 13.5. The van der Waals surface area contributed by atoms with Gasteiger partial charge in [-0.05, 0) is 43.0 Å². The summed E-state index contributed by atoms with van der Waals surface area (Å²) in [6, 6.07) is 5.18. The predicted octanol–water partition coefficient (Wildman–Crippen LogP) is 3.57. The molecule has 1 aliphatic rings. The molecule has 0 radical (unpaired) electrons. The smallest absolute Gasteiger partial charge is 0.181 e. The fourth-order valence-corrected chi connectivity index (χ4v) is 4.61. The Kier molecular flexibility index (Phi) is 4.05. The first-order chi connectivity index (χ1) is 8.54. The summed E-state index contributed by atoms with van der Waals surface area (Å²) < 4.78 is 37.7. The molecule has 0 saturated heterocycles. The molecule has 0 N–H and O–H groups in total. The van der Waals surface area contributed by atoms with Crippen molar-refractivity contribution in [1.82, 2.24) is 0 Å². The van der Waals surface area contributed by atoms with Gasteiger partial charge in [0.05, 0.1) is 10.1 Å². The molecule has 0 aromatic heterocycles. The average molecular weight is 270 g/mol. The zero-order valence-corrected chi connectivity index (χ0v) is 11.4. The summed E-state index contributed by atoms with van der Waals surface area (Å²) in [5, 5.41) is -0.290. The third-order valence-corrected chi connectivity index (χ3v) is 6.13. The van der Waals surface area contributed by atoms with E-state index in [1.54, 1.807) is 0 Å². The van der Waals surface area contributed by atoms with Gasteiger partial charge in [0.2, 0.25) is 0 Å². The summed E-state index contributed by atoms with van der Waals surface area (Å²) in [7, 11) is -3.29. The molecular formula is C14H19FO2S. The Morgan fingerprint density at radius 3 is 2.50 bits per heavy atom. The minimum absolute atomic E-state index is 0.255. The largest absolute Gasteiger partial charge is 0.223 e. The second-order valence-electron chi connectivity index (χ2n) is 5.06. The van der Waals surface area contributed by atoms with Crippen molar-refractivity contribution in [2.45, 2.75) is 49.2 Å². The molecule has 2 atom stereocenters. The minimum atomic E-state index is -3.29. The van der Waals surface area contributed by atoms with Crippen LogP contribution in [0.1, 0.15) is 39.0 Å². The molecule has 2 unspecified atom stereocenters. The normalized spacial score (nSPS) is 25.0. The fraction of sp³-hybridized carbons (Fsp3) is 0.571. The molecule has 0 bridgehead atoms. The Morgan fingerprint density at radius 1 is 1.22 bits per heavy atom. The Morgan fingerprint density at radius 2 is 1.89 bits per heavy atom. The van der Waals surface area contributed by atoms with Crippen LogP contribution >= 0.6 is 0 Å². The summed E-state index contributed by atoms with van der Waals surface area (Å²) in [6.07, 6.45) is 4.62. The fourth-order valence-electron chi connectivity index (χ4n) is 2.71. The van der Waals surface area contributed by atoms with E-state index < -0.39 is 15.7 Å². The standard InChI is InChI=1S/C14H19FO2S/c1-2-11-4-3-5-14(10-11)18(16,17)13-8-6-12(15)7-9-13/h6-9,11,14H,2-5,10H2,1H3. The van der Waals surface area contributed by atoms with E-state index >= 15 is 0 Å². The van der Waals surface area contributed by atoms with Crippen LogP contribution in [-0.4, -0.2) is 13.7 Å². The second kappa shape index (κ2) is 5.39. The van der Waals surface area contributed by atoms with Gasteiger partial charge in [-0.15, -0.1) is 0 Å². The molecule has 1 aromatic rings. The number of halogens is 1. The Hall–Kier alpha value is -0.900. The van der Waals surface area contributed by atoms with Gasteiger partial charge in [-0.3, -0.25) is 0 Å². The van der Waals surface area contributed by atoms with E-state index in [2.05, 4.69) is 6.92 Å². The molecule has 1 aromatic carbocycles. The first-order valence-electron chi connectivity index (χ1n) is 6.53. The second-order valence-corrected chi connectivity index (χ2v) is 7.29. The van der Waals surface area contributed by atoms with E-state index in [1.165, 1.54) is 24.3 Å². The van der Waals surface area contributed by atoms with Gasteiger partial charge in [0.15, 0.2) is 9.84 Å². The van der Waals surface area contributed by atoms with Crippen LogP contribution in [0.4, 0.5) is 4.39 Å². The molecule has 0 heterocycles. The van der Waals surface area contributed by atoms with Gasteiger partial charge in [0.1, 0.15) is 5.82 Å². The van der Waals surface area contributed by atoms with Crippen molar-refractivity contribution in [2.75, 3.05) is 0 Å². The summed E-state index contributed by atoms with van der Waals surface area (Å²) >= 11 is 0. The number of hydrogen-bond donors (Lipinski definition) is 0. The van der Waals surface area contributed by atoms with Gasteiger partial charge in [0.25, 0.3) is 0 Å². The van der Waals surface area contributed by atoms with Gasteiger partial charge in [0, 0.05) is 0 Å². The minimum Gasteiger partial charge on any atom is -0.223 e. The van der Waals surface area contributed by atoms with E-state index in [1.807, 2.05) is 0 Å². The summed E-state index contributed by atoms with van der Waals surface area (Å²) in [5.74, 6) is 0.114. The van der Waals surface area contributed by atoms with Crippen molar-refractivity contribution >= 4 is 9.84 Å². The van der Waals surface area contributed by atoms with E-state index in [4.69, 9.17) is 0 Å².